The first-order chi connectivity index (χ1) is 16.1. The molecule has 0 bridgehead atoms. The van der Waals surface area contributed by atoms with E-state index in [9.17, 15) is 10.1 Å². The molecule has 1 aromatic carbocycles. The van der Waals surface area contributed by atoms with Crippen molar-refractivity contribution in [3.63, 3.8) is 0 Å². The first-order valence-electron chi connectivity index (χ1n) is 10.8. The second-order valence-corrected chi connectivity index (χ2v) is 8.05. The number of nitrogens with one attached hydrogen (secondary N) is 1. The van der Waals surface area contributed by atoms with Crippen LogP contribution in [0.5, 0.6) is 0 Å². The molecule has 1 aliphatic rings. The summed E-state index contributed by atoms with van der Waals surface area (Å²) in [5.74, 6) is -0.141. The van der Waals surface area contributed by atoms with Crippen LogP contribution in [-0.4, -0.2) is 44.4 Å². The van der Waals surface area contributed by atoms with E-state index in [1.807, 2.05) is 30.2 Å². The van der Waals surface area contributed by atoms with Crippen LogP contribution in [0.15, 0.2) is 67.8 Å². The first-order valence-corrected chi connectivity index (χ1v) is 10.8. The molecule has 4 aromatic rings. The molecule has 0 spiro atoms. The zero-order valence-corrected chi connectivity index (χ0v) is 18.3. The van der Waals surface area contributed by atoms with E-state index in [2.05, 4.69) is 63.4 Å². The molecular weight excluding hydrogens is 414 g/mol. The van der Waals surface area contributed by atoms with E-state index >= 15 is 0 Å². The van der Waals surface area contributed by atoms with Crippen LogP contribution in [0.2, 0.25) is 0 Å². The Balaban J connectivity index is 1.47. The second kappa shape index (κ2) is 8.28. The van der Waals surface area contributed by atoms with E-state index in [1.54, 1.807) is 10.7 Å². The van der Waals surface area contributed by atoms with E-state index in [0.29, 0.717) is 5.56 Å². The number of anilines is 1. The number of pyridine rings is 1. The molecule has 0 saturated carbocycles. The van der Waals surface area contributed by atoms with Crippen LogP contribution in [0, 0.1) is 11.3 Å². The first kappa shape index (κ1) is 20.5. The number of nitriles is 1. The summed E-state index contributed by atoms with van der Waals surface area (Å²) in [6.07, 6.45) is 8.68. The van der Waals surface area contributed by atoms with Gasteiger partial charge in [0.25, 0.3) is 0 Å². The number of carbonyl (C=O) groups excluding carboxylic acids is 1. The van der Waals surface area contributed by atoms with Crippen molar-refractivity contribution < 1.29 is 4.79 Å². The Morgan fingerprint density at radius 3 is 2.64 bits per heavy atom. The normalized spacial score (nSPS) is 13.5. The third-order valence-corrected chi connectivity index (χ3v) is 5.98. The lowest BCUT2D eigenvalue weighted by Crippen LogP contribution is -2.59. The quantitative estimate of drug-likeness (QED) is 0.468. The standard InChI is InChI=1S/C25H23N7O/c1-3-24(33)29-21-15-30(16-21)22-7-5-17(6-8-22)23-9-18(20-12-27-31(4-2)13-20)14-32-25(23)19(10-26)11-28-32/h3,5-9,11-14,21H,1,4,15-16H2,2H3,(H,29,33). The third-order valence-electron chi connectivity index (χ3n) is 5.98. The summed E-state index contributed by atoms with van der Waals surface area (Å²) < 4.78 is 3.65. The van der Waals surface area contributed by atoms with Crippen molar-refractivity contribution in [2.45, 2.75) is 19.5 Å². The molecular formula is C25H23N7O. The minimum absolute atomic E-state index is 0.139. The molecule has 33 heavy (non-hydrogen) atoms. The Bertz CT molecular complexity index is 1380. The summed E-state index contributed by atoms with van der Waals surface area (Å²) in [5, 5.41) is 21.3. The van der Waals surface area contributed by atoms with Crippen LogP contribution in [-0.2, 0) is 11.3 Å². The van der Waals surface area contributed by atoms with Gasteiger partial charge < -0.3 is 10.2 Å². The number of amides is 1. The number of nitrogens with zero attached hydrogens (tertiary/aromatic N) is 6. The number of hydrogen-bond acceptors (Lipinski definition) is 5. The molecule has 1 aliphatic heterocycles. The van der Waals surface area contributed by atoms with Crippen LogP contribution in [0.1, 0.15) is 12.5 Å². The van der Waals surface area contributed by atoms with Gasteiger partial charge in [-0.2, -0.15) is 15.5 Å². The van der Waals surface area contributed by atoms with Gasteiger partial charge in [-0.1, -0.05) is 18.7 Å². The molecule has 1 fully saturated rings. The molecule has 1 saturated heterocycles. The highest BCUT2D eigenvalue weighted by atomic mass is 16.1. The molecule has 1 amide bonds. The monoisotopic (exact) mass is 437 g/mol. The van der Waals surface area contributed by atoms with Gasteiger partial charge in [0.2, 0.25) is 5.91 Å². The lowest BCUT2D eigenvalue weighted by molar-refractivity contribution is -0.117. The summed E-state index contributed by atoms with van der Waals surface area (Å²) in [7, 11) is 0. The molecule has 3 aromatic heterocycles. The maximum atomic E-state index is 11.5. The average Bonchev–Trinajstić information content (AvgIpc) is 3.47. The molecule has 0 radical (unpaired) electrons. The molecule has 1 N–H and O–H groups in total. The van der Waals surface area contributed by atoms with E-state index in [-0.39, 0.29) is 11.9 Å². The van der Waals surface area contributed by atoms with Gasteiger partial charge in [0.15, 0.2) is 0 Å². The summed E-state index contributed by atoms with van der Waals surface area (Å²) in [6, 6.07) is 12.8. The number of hydrogen-bond donors (Lipinski definition) is 1. The zero-order valence-electron chi connectivity index (χ0n) is 18.3. The summed E-state index contributed by atoms with van der Waals surface area (Å²) in [6.45, 7) is 7.87. The van der Waals surface area contributed by atoms with Gasteiger partial charge in [-0.05, 0) is 36.8 Å². The predicted octanol–water partition coefficient (Wildman–Crippen LogP) is 3.25. The topological polar surface area (TPSA) is 91.2 Å². The van der Waals surface area contributed by atoms with Gasteiger partial charge in [-0.3, -0.25) is 9.48 Å². The van der Waals surface area contributed by atoms with Gasteiger partial charge in [0.05, 0.1) is 29.5 Å². The molecule has 0 atom stereocenters. The fraction of sp³-hybridized carbons (Fsp3) is 0.200. The highest BCUT2D eigenvalue weighted by Gasteiger charge is 2.27. The highest BCUT2D eigenvalue weighted by Crippen LogP contribution is 2.33. The van der Waals surface area contributed by atoms with Gasteiger partial charge in [0.1, 0.15) is 6.07 Å². The number of aryl methyl sites for hydroxylation is 1. The number of rotatable bonds is 6. The zero-order chi connectivity index (χ0) is 22.9. The molecule has 8 heteroatoms. The maximum Gasteiger partial charge on any atom is 0.243 e. The number of aromatic nitrogens is 4. The minimum atomic E-state index is -0.141. The Hall–Kier alpha value is -4.38. The van der Waals surface area contributed by atoms with Crippen molar-refractivity contribution in [2.24, 2.45) is 0 Å². The molecule has 8 nitrogen and oxygen atoms in total. The SMILES string of the molecule is C=CC(=O)NC1CN(c2ccc(-c3cc(-c4cnn(CC)c4)cn4ncc(C#N)c34)cc2)C1. The second-order valence-electron chi connectivity index (χ2n) is 8.05. The Kier molecular flexibility index (Phi) is 5.15. The molecule has 0 aliphatic carbocycles. The summed E-state index contributed by atoms with van der Waals surface area (Å²) in [4.78, 5) is 13.7. The van der Waals surface area contributed by atoms with Gasteiger partial charge >= 0.3 is 0 Å². The largest absolute Gasteiger partial charge is 0.367 e. The molecule has 4 heterocycles. The lowest BCUT2D eigenvalue weighted by Gasteiger charge is -2.41. The summed E-state index contributed by atoms with van der Waals surface area (Å²) in [5.41, 5.74) is 6.34. The van der Waals surface area contributed by atoms with Crippen molar-refractivity contribution in [2.75, 3.05) is 18.0 Å². The molecule has 164 valence electrons. The highest BCUT2D eigenvalue weighted by molar-refractivity contribution is 5.88. The van der Waals surface area contributed by atoms with Crippen LogP contribution >= 0.6 is 0 Å². The van der Waals surface area contributed by atoms with E-state index in [0.717, 1.165) is 53.1 Å². The van der Waals surface area contributed by atoms with Crippen molar-refractivity contribution in [3.05, 3.63) is 73.3 Å². The van der Waals surface area contributed by atoms with Gasteiger partial charge in [0, 0.05) is 54.4 Å². The van der Waals surface area contributed by atoms with E-state index in [1.165, 1.54) is 6.08 Å². The average molecular weight is 438 g/mol. The summed E-state index contributed by atoms with van der Waals surface area (Å²) >= 11 is 0. The van der Waals surface area contributed by atoms with Crippen LogP contribution in [0.3, 0.4) is 0 Å². The lowest BCUT2D eigenvalue weighted by atomic mass is 9.99. The number of carbonyl (C=O) groups is 1. The van der Waals surface area contributed by atoms with Gasteiger partial charge in [-0.25, -0.2) is 4.52 Å². The van der Waals surface area contributed by atoms with Crippen molar-refractivity contribution in [3.8, 4) is 28.3 Å². The Morgan fingerprint density at radius 2 is 1.97 bits per heavy atom. The van der Waals surface area contributed by atoms with Crippen LogP contribution in [0.4, 0.5) is 5.69 Å². The van der Waals surface area contributed by atoms with Crippen molar-refractivity contribution in [1.82, 2.24) is 24.7 Å². The van der Waals surface area contributed by atoms with E-state index < -0.39 is 0 Å². The van der Waals surface area contributed by atoms with Crippen molar-refractivity contribution in [1.29, 1.82) is 5.26 Å². The van der Waals surface area contributed by atoms with Crippen molar-refractivity contribution >= 4 is 17.1 Å². The van der Waals surface area contributed by atoms with Gasteiger partial charge in [-0.15, -0.1) is 0 Å². The number of fused-ring (bicyclic) bond motifs is 1. The van der Waals surface area contributed by atoms with Crippen LogP contribution < -0.4 is 10.2 Å². The fourth-order valence-corrected chi connectivity index (χ4v) is 4.16. The van der Waals surface area contributed by atoms with Crippen LogP contribution in [0.25, 0.3) is 27.8 Å². The molecule has 0 unspecified atom stereocenters. The third kappa shape index (κ3) is 3.74. The predicted molar refractivity (Wildman–Crippen MR) is 127 cm³/mol. The fourth-order valence-electron chi connectivity index (χ4n) is 4.16. The number of benzene rings is 1. The van der Waals surface area contributed by atoms with E-state index in [4.69, 9.17) is 0 Å². The smallest absolute Gasteiger partial charge is 0.243 e. The minimum Gasteiger partial charge on any atom is -0.367 e. The Morgan fingerprint density at radius 1 is 1.18 bits per heavy atom. The molecule has 5 rings (SSSR count). The Labute approximate surface area is 191 Å². The maximum absolute atomic E-state index is 11.5.